The summed E-state index contributed by atoms with van der Waals surface area (Å²) in [6, 6.07) is 0. The van der Waals surface area contributed by atoms with Crippen molar-refractivity contribution in [1.29, 1.82) is 0 Å². The van der Waals surface area contributed by atoms with Gasteiger partial charge >= 0.3 is 0 Å². The Balaban J connectivity index is 2.75. The van der Waals surface area contributed by atoms with Gasteiger partial charge in [-0.25, -0.2) is 0 Å². The largest absolute Gasteiger partial charge is 0.392 e. The summed E-state index contributed by atoms with van der Waals surface area (Å²) in [5.74, 6) is -0.00245. The third-order valence-electron chi connectivity index (χ3n) is 2.89. The summed E-state index contributed by atoms with van der Waals surface area (Å²) in [4.78, 5) is 14.3. The van der Waals surface area contributed by atoms with Crippen LogP contribution in [0.5, 0.6) is 0 Å². The molecular weight excluding hydrogens is 224 g/mol. The van der Waals surface area contributed by atoms with Crippen molar-refractivity contribution in [2.75, 3.05) is 19.7 Å². The molecule has 2 N–H and O–H groups in total. The molecule has 0 aromatic carbocycles. The Kier molecular flexibility index (Phi) is 4.27. The molecule has 0 aromatic rings. The van der Waals surface area contributed by atoms with E-state index in [-0.39, 0.29) is 17.0 Å². The lowest BCUT2D eigenvalue weighted by molar-refractivity contribution is -0.137. The molecule has 16 heavy (non-hydrogen) atoms. The van der Waals surface area contributed by atoms with Crippen LogP contribution in [-0.2, 0) is 9.53 Å². The van der Waals surface area contributed by atoms with Gasteiger partial charge in [0.05, 0.1) is 16.5 Å². The van der Waals surface area contributed by atoms with E-state index in [1.807, 2.05) is 6.92 Å². The summed E-state index contributed by atoms with van der Waals surface area (Å²) in [5, 5.41) is 0. The molecule has 5 heteroatoms. The van der Waals surface area contributed by atoms with E-state index in [1.165, 1.54) is 0 Å². The quantitative estimate of drug-likeness (QED) is 0.734. The van der Waals surface area contributed by atoms with Gasteiger partial charge in [0, 0.05) is 19.7 Å². The van der Waals surface area contributed by atoms with Gasteiger partial charge in [-0.2, -0.15) is 0 Å². The molecule has 92 valence electrons. The average Bonchev–Trinajstić information content (AvgIpc) is 2.41. The van der Waals surface area contributed by atoms with Gasteiger partial charge < -0.3 is 15.4 Å². The first-order valence-corrected chi connectivity index (χ1v) is 5.97. The lowest BCUT2D eigenvalue weighted by Crippen LogP contribution is -2.48. The smallest absolute Gasteiger partial charge is 0.235 e. The van der Waals surface area contributed by atoms with Crippen molar-refractivity contribution in [2.45, 2.75) is 33.3 Å². The molecule has 0 radical (unpaired) electrons. The van der Waals surface area contributed by atoms with Gasteiger partial charge in [-0.05, 0) is 27.2 Å². The zero-order valence-corrected chi connectivity index (χ0v) is 11.0. The predicted octanol–water partition coefficient (Wildman–Crippen LogP) is 0.936. The van der Waals surface area contributed by atoms with E-state index in [4.69, 9.17) is 22.7 Å². The van der Waals surface area contributed by atoms with E-state index in [2.05, 4.69) is 0 Å². The van der Waals surface area contributed by atoms with E-state index in [1.54, 1.807) is 18.7 Å². The highest BCUT2D eigenvalue weighted by atomic mass is 32.1. The minimum Gasteiger partial charge on any atom is -0.392 e. The molecule has 1 heterocycles. The summed E-state index contributed by atoms with van der Waals surface area (Å²) < 4.78 is 5.50. The lowest BCUT2D eigenvalue weighted by atomic mass is 9.91. The standard InChI is InChI=1S/C11H20N2O2S/c1-8-7-13(5-4-6-15-8)10(14)11(2,3)9(12)16/h8H,4-7H2,1-3H3,(H2,12,16). The van der Waals surface area contributed by atoms with Gasteiger partial charge in [-0.1, -0.05) is 12.2 Å². The maximum atomic E-state index is 12.3. The molecule has 0 saturated carbocycles. The minimum absolute atomic E-state index is 0.00245. The van der Waals surface area contributed by atoms with Gasteiger partial charge in [0.1, 0.15) is 0 Å². The Morgan fingerprint density at radius 1 is 1.56 bits per heavy atom. The number of thiocarbonyl (C=S) groups is 1. The number of ether oxygens (including phenoxy) is 1. The zero-order chi connectivity index (χ0) is 12.3. The molecule has 0 bridgehead atoms. The van der Waals surface area contributed by atoms with Crippen LogP contribution in [0.3, 0.4) is 0 Å². The number of carbonyl (C=O) groups is 1. The molecule has 1 saturated heterocycles. The normalized spacial score (nSPS) is 22.7. The predicted molar refractivity (Wildman–Crippen MR) is 67.2 cm³/mol. The fraction of sp³-hybridized carbons (Fsp3) is 0.818. The highest BCUT2D eigenvalue weighted by Crippen LogP contribution is 2.21. The lowest BCUT2D eigenvalue weighted by Gasteiger charge is -2.31. The van der Waals surface area contributed by atoms with Crippen LogP contribution in [0.15, 0.2) is 0 Å². The zero-order valence-electron chi connectivity index (χ0n) is 10.2. The second-order valence-electron chi connectivity index (χ2n) is 4.78. The number of hydrogen-bond donors (Lipinski definition) is 1. The summed E-state index contributed by atoms with van der Waals surface area (Å²) in [7, 11) is 0. The summed E-state index contributed by atoms with van der Waals surface area (Å²) >= 11 is 4.94. The number of hydrogen-bond acceptors (Lipinski definition) is 3. The molecule has 0 spiro atoms. The summed E-state index contributed by atoms with van der Waals surface area (Å²) in [6.07, 6.45) is 0.942. The van der Waals surface area contributed by atoms with Crippen molar-refractivity contribution >= 4 is 23.1 Å². The Morgan fingerprint density at radius 2 is 2.19 bits per heavy atom. The van der Waals surface area contributed by atoms with E-state index < -0.39 is 5.41 Å². The van der Waals surface area contributed by atoms with Crippen molar-refractivity contribution < 1.29 is 9.53 Å². The SMILES string of the molecule is CC1CN(C(=O)C(C)(C)C(N)=S)CCCO1. The van der Waals surface area contributed by atoms with Crippen molar-refractivity contribution in [1.82, 2.24) is 4.90 Å². The van der Waals surface area contributed by atoms with Crippen LogP contribution >= 0.6 is 12.2 Å². The number of carbonyl (C=O) groups excluding carboxylic acids is 1. The third kappa shape index (κ3) is 2.92. The van der Waals surface area contributed by atoms with E-state index in [0.717, 1.165) is 13.0 Å². The second-order valence-corrected chi connectivity index (χ2v) is 5.22. The molecule has 1 fully saturated rings. The molecule has 0 aliphatic carbocycles. The highest BCUT2D eigenvalue weighted by Gasteiger charge is 2.35. The Morgan fingerprint density at radius 3 is 2.75 bits per heavy atom. The van der Waals surface area contributed by atoms with Crippen LogP contribution in [0, 0.1) is 5.41 Å². The first-order valence-electron chi connectivity index (χ1n) is 5.56. The van der Waals surface area contributed by atoms with Crippen LogP contribution in [0.25, 0.3) is 0 Å². The van der Waals surface area contributed by atoms with Crippen LogP contribution in [0.1, 0.15) is 27.2 Å². The average molecular weight is 244 g/mol. The minimum atomic E-state index is -0.764. The number of nitrogens with zero attached hydrogens (tertiary/aromatic N) is 1. The van der Waals surface area contributed by atoms with E-state index in [0.29, 0.717) is 13.2 Å². The first-order chi connectivity index (χ1) is 7.35. The molecular formula is C11H20N2O2S. The van der Waals surface area contributed by atoms with Gasteiger partial charge in [-0.3, -0.25) is 4.79 Å². The van der Waals surface area contributed by atoms with Crippen molar-refractivity contribution in [3.05, 3.63) is 0 Å². The van der Waals surface area contributed by atoms with Gasteiger partial charge in [0.15, 0.2) is 0 Å². The molecule has 1 aliphatic heterocycles. The molecule has 1 rings (SSSR count). The van der Waals surface area contributed by atoms with E-state index in [9.17, 15) is 4.79 Å². The maximum Gasteiger partial charge on any atom is 0.235 e. The highest BCUT2D eigenvalue weighted by molar-refractivity contribution is 7.80. The molecule has 4 nitrogen and oxygen atoms in total. The van der Waals surface area contributed by atoms with Gasteiger partial charge in [0.25, 0.3) is 0 Å². The third-order valence-corrected chi connectivity index (χ3v) is 3.40. The van der Waals surface area contributed by atoms with Crippen LogP contribution in [0.2, 0.25) is 0 Å². The number of nitrogens with two attached hydrogens (primary N) is 1. The molecule has 1 aliphatic rings. The molecule has 0 aromatic heterocycles. The number of rotatable bonds is 2. The molecule has 1 unspecified atom stereocenters. The van der Waals surface area contributed by atoms with Gasteiger partial charge in [0.2, 0.25) is 5.91 Å². The Labute approximate surface area is 102 Å². The van der Waals surface area contributed by atoms with Crippen molar-refractivity contribution in [3.63, 3.8) is 0 Å². The van der Waals surface area contributed by atoms with E-state index >= 15 is 0 Å². The Hall–Kier alpha value is -0.680. The van der Waals surface area contributed by atoms with Gasteiger partial charge in [-0.15, -0.1) is 0 Å². The fourth-order valence-electron chi connectivity index (χ4n) is 1.68. The monoisotopic (exact) mass is 244 g/mol. The molecule has 1 atom stereocenters. The maximum absolute atomic E-state index is 12.3. The molecule has 1 amide bonds. The second kappa shape index (κ2) is 5.10. The topological polar surface area (TPSA) is 55.6 Å². The van der Waals surface area contributed by atoms with Crippen LogP contribution in [0.4, 0.5) is 0 Å². The number of amides is 1. The Bertz CT molecular complexity index is 292. The fourth-order valence-corrected chi connectivity index (χ4v) is 1.77. The van der Waals surface area contributed by atoms with Crippen molar-refractivity contribution in [2.24, 2.45) is 11.1 Å². The summed E-state index contributed by atoms with van der Waals surface area (Å²) in [5.41, 5.74) is 4.84. The summed E-state index contributed by atoms with van der Waals surface area (Å²) in [6.45, 7) is 7.56. The first kappa shape index (κ1) is 13.4. The van der Waals surface area contributed by atoms with Crippen LogP contribution < -0.4 is 5.73 Å². The van der Waals surface area contributed by atoms with Crippen LogP contribution in [-0.4, -0.2) is 41.6 Å². The van der Waals surface area contributed by atoms with Crippen molar-refractivity contribution in [3.8, 4) is 0 Å².